The van der Waals surface area contributed by atoms with Gasteiger partial charge in [-0.1, -0.05) is 13.8 Å². The molecule has 0 aromatic heterocycles. The molecule has 0 aliphatic rings. The van der Waals surface area contributed by atoms with Crippen molar-refractivity contribution in [3.63, 3.8) is 0 Å². The lowest BCUT2D eigenvalue weighted by atomic mass is 9.99. The van der Waals surface area contributed by atoms with Crippen molar-refractivity contribution in [2.75, 3.05) is 6.61 Å². The van der Waals surface area contributed by atoms with Gasteiger partial charge in [-0.15, -0.1) is 0 Å². The zero-order valence-electron chi connectivity index (χ0n) is 10.3. The van der Waals surface area contributed by atoms with Crippen LogP contribution < -0.4 is 4.74 Å². The van der Waals surface area contributed by atoms with Crippen LogP contribution in [0.3, 0.4) is 0 Å². The summed E-state index contributed by atoms with van der Waals surface area (Å²) in [4.78, 5) is 0. The Labute approximate surface area is 100 Å². The number of aliphatic hydroxyl groups excluding tert-OH is 1. The van der Waals surface area contributed by atoms with Gasteiger partial charge >= 0.3 is 0 Å². The monoisotopic (exact) mass is 244 g/mol. The Kier molecular flexibility index (Phi) is 4.87. The summed E-state index contributed by atoms with van der Waals surface area (Å²) in [6.45, 7) is 5.78. The molecule has 0 saturated heterocycles. The molecule has 1 aromatic carbocycles. The molecule has 0 bridgehead atoms. The van der Waals surface area contributed by atoms with Gasteiger partial charge in [-0.2, -0.15) is 4.39 Å². The molecule has 1 unspecified atom stereocenters. The van der Waals surface area contributed by atoms with Crippen LogP contribution in [0.25, 0.3) is 0 Å². The Hall–Kier alpha value is -1.16. The topological polar surface area (TPSA) is 29.5 Å². The van der Waals surface area contributed by atoms with Crippen molar-refractivity contribution < 1.29 is 18.6 Å². The number of hydrogen-bond donors (Lipinski definition) is 1. The number of hydrogen-bond acceptors (Lipinski definition) is 2. The van der Waals surface area contributed by atoms with Crippen molar-refractivity contribution in [2.24, 2.45) is 5.92 Å². The van der Waals surface area contributed by atoms with E-state index >= 15 is 0 Å². The SMILES string of the molecule is CCOc1ccc(C(O)CC(C)C)c(F)c1F. The average Bonchev–Trinajstić information content (AvgIpc) is 2.24. The van der Waals surface area contributed by atoms with E-state index in [0.29, 0.717) is 6.42 Å². The molecule has 0 spiro atoms. The summed E-state index contributed by atoms with van der Waals surface area (Å²) in [6.07, 6.45) is -0.593. The van der Waals surface area contributed by atoms with Crippen LogP contribution in [0.1, 0.15) is 38.9 Å². The largest absolute Gasteiger partial charge is 0.491 e. The zero-order chi connectivity index (χ0) is 13.0. The Morgan fingerprint density at radius 2 is 1.88 bits per heavy atom. The quantitative estimate of drug-likeness (QED) is 0.859. The fraction of sp³-hybridized carbons (Fsp3) is 0.538. The van der Waals surface area contributed by atoms with E-state index in [4.69, 9.17) is 4.74 Å². The van der Waals surface area contributed by atoms with Gasteiger partial charge in [0.15, 0.2) is 11.6 Å². The van der Waals surface area contributed by atoms with E-state index in [1.165, 1.54) is 12.1 Å². The highest BCUT2D eigenvalue weighted by Crippen LogP contribution is 2.29. The van der Waals surface area contributed by atoms with Crippen LogP contribution in [-0.4, -0.2) is 11.7 Å². The van der Waals surface area contributed by atoms with Crippen molar-refractivity contribution in [1.82, 2.24) is 0 Å². The maximum absolute atomic E-state index is 13.7. The van der Waals surface area contributed by atoms with E-state index in [-0.39, 0.29) is 23.8 Å². The van der Waals surface area contributed by atoms with E-state index in [9.17, 15) is 13.9 Å². The molecular formula is C13H18F2O2. The Morgan fingerprint density at radius 1 is 1.24 bits per heavy atom. The van der Waals surface area contributed by atoms with Gasteiger partial charge in [0, 0.05) is 5.56 Å². The van der Waals surface area contributed by atoms with Crippen LogP contribution in [-0.2, 0) is 0 Å². The first kappa shape index (κ1) is 13.9. The lowest BCUT2D eigenvalue weighted by Gasteiger charge is -2.15. The minimum atomic E-state index is -1.04. The van der Waals surface area contributed by atoms with Gasteiger partial charge in [0.25, 0.3) is 0 Å². The van der Waals surface area contributed by atoms with Crippen LogP contribution in [0.2, 0.25) is 0 Å². The summed E-state index contributed by atoms with van der Waals surface area (Å²) in [5, 5.41) is 9.77. The van der Waals surface area contributed by atoms with Crippen molar-refractivity contribution in [1.29, 1.82) is 0 Å². The molecule has 17 heavy (non-hydrogen) atoms. The van der Waals surface area contributed by atoms with Gasteiger partial charge in [-0.3, -0.25) is 0 Å². The molecule has 1 atom stereocenters. The highest BCUT2D eigenvalue weighted by atomic mass is 19.2. The average molecular weight is 244 g/mol. The van der Waals surface area contributed by atoms with Crippen molar-refractivity contribution in [2.45, 2.75) is 33.3 Å². The Bertz CT molecular complexity index is 378. The van der Waals surface area contributed by atoms with Crippen LogP contribution in [0, 0.1) is 17.6 Å². The molecule has 0 amide bonds. The van der Waals surface area contributed by atoms with Crippen LogP contribution in [0.5, 0.6) is 5.75 Å². The molecule has 96 valence electrons. The highest BCUT2D eigenvalue weighted by molar-refractivity contribution is 5.32. The lowest BCUT2D eigenvalue weighted by molar-refractivity contribution is 0.145. The van der Waals surface area contributed by atoms with E-state index < -0.39 is 17.7 Å². The normalized spacial score (nSPS) is 12.9. The number of benzene rings is 1. The highest BCUT2D eigenvalue weighted by Gasteiger charge is 2.20. The van der Waals surface area contributed by atoms with Gasteiger partial charge in [-0.05, 0) is 31.4 Å². The number of rotatable bonds is 5. The third kappa shape index (κ3) is 3.40. The molecule has 0 fully saturated rings. The number of ether oxygens (including phenoxy) is 1. The van der Waals surface area contributed by atoms with Gasteiger partial charge in [-0.25, -0.2) is 4.39 Å². The fourth-order valence-electron chi connectivity index (χ4n) is 1.64. The van der Waals surface area contributed by atoms with Crippen molar-refractivity contribution >= 4 is 0 Å². The number of halogens is 2. The molecule has 0 aliphatic heterocycles. The van der Waals surface area contributed by atoms with Gasteiger partial charge in [0.2, 0.25) is 5.82 Å². The Balaban J connectivity index is 2.99. The summed E-state index contributed by atoms with van der Waals surface area (Å²) in [6, 6.07) is 2.72. The van der Waals surface area contributed by atoms with E-state index in [0.717, 1.165) is 0 Å². The summed E-state index contributed by atoms with van der Waals surface area (Å²) >= 11 is 0. The first-order chi connectivity index (χ1) is 7.97. The molecular weight excluding hydrogens is 226 g/mol. The van der Waals surface area contributed by atoms with Gasteiger partial charge in [0.1, 0.15) is 0 Å². The molecule has 4 heteroatoms. The smallest absolute Gasteiger partial charge is 0.200 e. The zero-order valence-corrected chi connectivity index (χ0v) is 10.3. The minimum Gasteiger partial charge on any atom is -0.491 e. The Morgan fingerprint density at radius 3 is 2.41 bits per heavy atom. The van der Waals surface area contributed by atoms with E-state index in [2.05, 4.69) is 0 Å². The van der Waals surface area contributed by atoms with Crippen molar-refractivity contribution in [3.05, 3.63) is 29.3 Å². The second-order valence-electron chi connectivity index (χ2n) is 4.36. The summed E-state index contributed by atoms with van der Waals surface area (Å²) in [5.74, 6) is -1.97. The van der Waals surface area contributed by atoms with Crippen LogP contribution in [0.4, 0.5) is 8.78 Å². The molecule has 1 rings (SSSR count). The predicted octanol–water partition coefficient (Wildman–Crippen LogP) is 3.44. The second kappa shape index (κ2) is 5.96. The molecule has 0 heterocycles. The first-order valence-corrected chi connectivity index (χ1v) is 5.76. The predicted molar refractivity (Wildman–Crippen MR) is 61.9 cm³/mol. The molecule has 1 N–H and O–H groups in total. The maximum atomic E-state index is 13.7. The van der Waals surface area contributed by atoms with Crippen LogP contribution in [0.15, 0.2) is 12.1 Å². The maximum Gasteiger partial charge on any atom is 0.200 e. The molecule has 0 aliphatic carbocycles. The standard InChI is InChI=1S/C13H18F2O2/c1-4-17-11-6-5-9(12(14)13(11)15)10(16)7-8(2)3/h5-6,8,10,16H,4,7H2,1-3H3. The van der Waals surface area contributed by atoms with E-state index in [1.807, 2.05) is 13.8 Å². The van der Waals surface area contributed by atoms with E-state index in [1.54, 1.807) is 6.92 Å². The number of aliphatic hydroxyl groups is 1. The summed E-state index contributed by atoms with van der Waals surface area (Å²) < 4.78 is 32.1. The molecule has 2 nitrogen and oxygen atoms in total. The summed E-state index contributed by atoms with van der Waals surface area (Å²) in [7, 11) is 0. The lowest BCUT2D eigenvalue weighted by Crippen LogP contribution is -2.07. The second-order valence-corrected chi connectivity index (χ2v) is 4.36. The first-order valence-electron chi connectivity index (χ1n) is 5.76. The van der Waals surface area contributed by atoms with Gasteiger partial charge in [0.05, 0.1) is 12.7 Å². The van der Waals surface area contributed by atoms with Crippen molar-refractivity contribution in [3.8, 4) is 5.75 Å². The fourth-order valence-corrected chi connectivity index (χ4v) is 1.64. The molecule has 0 saturated carbocycles. The molecule has 0 radical (unpaired) electrons. The minimum absolute atomic E-state index is 0.0142. The summed E-state index contributed by atoms with van der Waals surface area (Å²) in [5.41, 5.74) is -0.0142. The third-order valence-corrected chi connectivity index (χ3v) is 2.43. The van der Waals surface area contributed by atoms with Crippen LogP contribution >= 0.6 is 0 Å². The molecule has 1 aromatic rings. The van der Waals surface area contributed by atoms with Gasteiger partial charge < -0.3 is 9.84 Å². The third-order valence-electron chi connectivity index (χ3n) is 2.43.